The standard InChI is InChI=1S/C7H12O2/c1-2-7-5-8-3-6(1)4-9-7/h6-7H,1-5H2. The Balaban J connectivity index is 2.03. The van der Waals surface area contributed by atoms with Crippen molar-refractivity contribution in [2.75, 3.05) is 19.8 Å². The van der Waals surface area contributed by atoms with E-state index in [1.54, 1.807) is 0 Å². The lowest BCUT2D eigenvalue weighted by Gasteiger charge is -2.21. The van der Waals surface area contributed by atoms with Crippen LogP contribution < -0.4 is 0 Å². The highest BCUT2D eigenvalue weighted by molar-refractivity contribution is 4.73. The highest BCUT2D eigenvalue weighted by atomic mass is 16.5. The summed E-state index contributed by atoms with van der Waals surface area (Å²) in [5.41, 5.74) is 0. The van der Waals surface area contributed by atoms with Crippen LogP contribution in [-0.4, -0.2) is 25.9 Å². The predicted octanol–water partition coefficient (Wildman–Crippen LogP) is 0.812. The maximum absolute atomic E-state index is 5.48. The lowest BCUT2D eigenvalue weighted by molar-refractivity contribution is -0.00212. The maximum atomic E-state index is 5.48. The minimum absolute atomic E-state index is 0.420. The molecule has 2 unspecified atom stereocenters. The molecule has 0 aliphatic carbocycles. The summed E-state index contributed by atoms with van der Waals surface area (Å²) < 4.78 is 10.8. The van der Waals surface area contributed by atoms with Crippen LogP contribution in [0.2, 0.25) is 0 Å². The molecule has 3 aliphatic rings. The van der Waals surface area contributed by atoms with Gasteiger partial charge in [-0.25, -0.2) is 0 Å². The van der Waals surface area contributed by atoms with Crippen molar-refractivity contribution in [1.82, 2.24) is 0 Å². The molecular formula is C7H12O2. The first-order valence-electron chi connectivity index (χ1n) is 3.64. The van der Waals surface area contributed by atoms with Gasteiger partial charge in [-0.05, 0) is 12.8 Å². The number of fused-ring (bicyclic) bond motifs is 4. The minimum Gasteiger partial charge on any atom is -0.378 e. The van der Waals surface area contributed by atoms with Gasteiger partial charge in [0.05, 0.1) is 25.9 Å². The maximum Gasteiger partial charge on any atom is 0.0808 e. The van der Waals surface area contributed by atoms with Gasteiger partial charge in [-0.1, -0.05) is 0 Å². The van der Waals surface area contributed by atoms with Gasteiger partial charge < -0.3 is 9.47 Å². The molecule has 2 nitrogen and oxygen atoms in total. The lowest BCUT2D eigenvalue weighted by atomic mass is 10.0. The molecule has 0 saturated carbocycles. The molecule has 0 spiro atoms. The van der Waals surface area contributed by atoms with Crippen molar-refractivity contribution in [2.45, 2.75) is 18.9 Å². The summed E-state index contributed by atoms with van der Waals surface area (Å²) >= 11 is 0. The zero-order chi connectivity index (χ0) is 6.10. The van der Waals surface area contributed by atoms with Crippen molar-refractivity contribution in [3.8, 4) is 0 Å². The molecule has 2 bridgehead atoms. The van der Waals surface area contributed by atoms with E-state index in [0.717, 1.165) is 19.8 Å². The quantitative estimate of drug-likeness (QED) is 0.480. The normalized spacial score (nSPS) is 42.7. The van der Waals surface area contributed by atoms with Crippen LogP contribution in [0.3, 0.4) is 0 Å². The van der Waals surface area contributed by atoms with Gasteiger partial charge in [-0.2, -0.15) is 0 Å². The highest BCUT2D eigenvalue weighted by Gasteiger charge is 2.25. The average Bonchev–Trinajstić information content (AvgIpc) is 2.21. The van der Waals surface area contributed by atoms with Crippen molar-refractivity contribution in [3.63, 3.8) is 0 Å². The second kappa shape index (κ2) is 2.27. The molecule has 9 heavy (non-hydrogen) atoms. The molecule has 3 aliphatic heterocycles. The summed E-state index contributed by atoms with van der Waals surface area (Å²) in [7, 11) is 0. The van der Waals surface area contributed by atoms with Gasteiger partial charge in [0.1, 0.15) is 0 Å². The van der Waals surface area contributed by atoms with Crippen LogP contribution in [0.1, 0.15) is 12.8 Å². The van der Waals surface area contributed by atoms with Crippen LogP contribution in [0.5, 0.6) is 0 Å². The summed E-state index contributed by atoms with van der Waals surface area (Å²) in [5, 5.41) is 0. The summed E-state index contributed by atoms with van der Waals surface area (Å²) in [6, 6.07) is 0. The fourth-order valence-corrected chi connectivity index (χ4v) is 1.49. The van der Waals surface area contributed by atoms with Gasteiger partial charge in [0, 0.05) is 5.92 Å². The molecule has 0 radical (unpaired) electrons. The molecule has 2 atom stereocenters. The number of hydrogen-bond donors (Lipinski definition) is 0. The van der Waals surface area contributed by atoms with Gasteiger partial charge in [0.25, 0.3) is 0 Å². The molecule has 0 aromatic heterocycles. The molecule has 3 saturated heterocycles. The molecule has 0 amide bonds. The zero-order valence-corrected chi connectivity index (χ0v) is 5.51. The average molecular weight is 128 g/mol. The third kappa shape index (κ3) is 1.10. The zero-order valence-electron chi connectivity index (χ0n) is 5.51. The third-order valence-corrected chi connectivity index (χ3v) is 2.12. The highest BCUT2D eigenvalue weighted by Crippen LogP contribution is 2.22. The minimum atomic E-state index is 0.420. The molecule has 0 aromatic carbocycles. The molecule has 0 aromatic rings. The Morgan fingerprint density at radius 3 is 2.78 bits per heavy atom. The Morgan fingerprint density at radius 2 is 2.00 bits per heavy atom. The van der Waals surface area contributed by atoms with Gasteiger partial charge in [0.2, 0.25) is 0 Å². The SMILES string of the molecule is C1CC2COCC1CO2. The van der Waals surface area contributed by atoms with Crippen molar-refractivity contribution in [1.29, 1.82) is 0 Å². The molecular weight excluding hydrogens is 116 g/mol. The van der Waals surface area contributed by atoms with Crippen molar-refractivity contribution in [2.24, 2.45) is 5.92 Å². The number of ether oxygens (including phenoxy) is 2. The van der Waals surface area contributed by atoms with Crippen molar-refractivity contribution < 1.29 is 9.47 Å². The second-order valence-electron chi connectivity index (χ2n) is 2.94. The van der Waals surface area contributed by atoms with Crippen molar-refractivity contribution >= 4 is 0 Å². The van der Waals surface area contributed by atoms with Gasteiger partial charge in [0.15, 0.2) is 0 Å². The summed E-state index contributed by atoms with van der Waals surface area (Å²) in [4.78, 5) is 0. The van der Waals surface area contributed by atoms with Crippen LogP contribution in [0.15, 0.2) is 0 Å². The summed E-state index contributed by atoms with van der Waals surface area (Å²) in [6.07, 6.45) is 2.94. The molecule has 2 heteroatoms. The molecule has 3 fully saturated rings. The Morgan fingerprint density at radius 1 is 1.00 bits per heavy atom. The molecule has 3 rings (SSSR count). The van der Waals surface area contributed by atoms with E-state index in [9.17, 15) is 0 Å². The first kappa shape index (κ1) is 5.69. The van der Waals surface area contributed by atoms with E-state index in [0.29, 0.717) is 12.0 Å². The van der Waals surface area contributed by atoms with Gasteiger partial charge in [-0.3, -0.25) is 0 Å². The predicted molar refractivity (Wildman–Crippen MR) is 33.3 cm³/mol. The van der Waals surface area contributed by atoms with Crippen LogP contribution in [-0.2, 0) is 9.47 Å². The van der Waals surface area contributed by atoms with Crippen LogP contribution in [0, 0.1) is 5.92 Å². The van der Waals surface area contributed by atoms with E-state index >= 15 is 0 Å². The Kier molecular flexibility index (Phi) is 1.44. The largest absolute Gasteiger partial charge is 0.378 e. The lowest BCUT2D eigenvalue weighted by Crippen LogP contribution is -2.24. The third-order valence-electron chi connectivity index (χ3n) is 2.12. The first-order chi connectivity index (χ1) is 4.45. The van der Waals surface area contributed by atoms with Crippen LogP contribution in [0.25, 0.3) is 0 Å². The number of hydrogen-bond acceptors (Lipinski definition) is 2. The summed E-state index contributed by atoms with van der Waals surface area (Å²) in [5.74, 6) is 0.698. The second-order valence-corrected chi connectivity index (χ2v) is 2.94. The van der Waals surface area contributed by atoms with E-state index < -0.39 is 0 Å². The van der Waals surface area contributed by atoms with Crippen LogP contribution >= 0.6 is 0 Å². The van der Waals surface area contributed by atoms with E-state index in [2.05, 4.69) is 0 Å². The Bertz CT molecular complexity index is 77.6. The molecule has 52 valence electrons. The fourth-order valence-electron chi connectivity index (χ4n) is 1.49. The number of rotatable bonds is 0. The van der Waals surface area contributed by atoms with E-state index in [1.165, 1.54) is 12.8 Å². The van der Waals surface area contributed by atoms with E-state index in [-0.39, 0.29) is 0 Å². The molecule has 0 N–H and O–H groups in total. The van der Waals surface area contributed by atoms with E-state index in [4.69, 9.17) is 9.47 Å². The fraction of sp³-hybridized carbons (Fsp3) is 1.00. The van der Waals surface area contributed by atoms with Crippen LogP contribution in [0.4, 0.5) is 0 Å². The van der Waals surface area contributed by atoms with Gasteiger partial charge in [-0.15, -0.1) is 0 Å². The van der Waals surface area contributed by atoms with Crippen molar-refractivity contribution in [3.05, 3.63) is 0 Å². The Labute approximate surface area is 55.1 Å². The first-order valence-corrected chi connectivity index (χ1v) is 3.64. The molecule has 3 heterocycles. The summed E-state index contributed by atoms with van der Waals surface area (Å²) in [6.45, 7) is 2.69. The smallest absolute Gasteiger partial charge is 0.0808 e. The van der Waals surface area contributed by atoms with E-state index in [1.807, 2.05) is 0 Å². The monoisotopic (exact) mass is 128 g/mol. The van der Waals surface area contributed by atoms with Gasteiger partial charge >= 0.3 is 0 Å². The topological polar surface area (TPSA) is 18.5 Å². The Hall–Kier alpha value is -0.0800.